The lowest BCUT2D eigenvalue weighted by Gasteiger charge is -2.26. The van der Waals surface area contributed by atoms with Gasteiger partial charge in [0.15, 0.2) is 0 Å². The Labute approximate surface area is 308 Å². The van der Waals surface area contributed by atoms with Crippen LogP contribution in [0.4, 0.5) is 0 Å². The zero-order valence-corrected chi connectivity index (χ0v) is 29.7. The average Bonchev–Trinajstić information content (AvgIpc) is 3.43. The number of fused-ring (bicyclic) bond motifs is 3. The van der Waals surface area contributed by atoms with Crippen LogP contribution < -0.4 is 0 Å². The minimum atomic E-state index is -0.138. The number of hydrogen-bond donors (Lipinski definition) is 0. The highest BCUT2D eigenvalue weighted by Crippen LogP contribution is 2.51. The van der Waals surface area contributed by atoms with Crippen LogP contribution in [-0.4, -0.2) is 4.98 Å². The second kappa shape index (κ2) is 10.4. The quantitative estimate of drug-likeness (QED) is 0.170. The lowest BCUT2D eigenvalue weighted by atomic mass is 9.78. The van der Waals surface area contributed by atoms with Gasteiger partial charge in [0.1, 0.15) is 0 Å². The summed E-state index contributed by atoms with van der Waals surface area (Å²) in [7, 11) is 0. The van der Waals surface area contributed by atoms with Crippen molar-refractivity contribution in [2.24, 2.45) is 0 Å². The largest absolute Gasteiger partial charge is 0.256 e. The van der Waals surface area contributed by atoms with Crippen LogP contribution in [0.2, 0.25) is 0 Å². The van der Waals surface area contributed by atoms with Crippen molar-refractivity contribution < 1.29 is 0 Å². The molecule has 1 atom stereocenters. The molecule has 248 valence electrons. The Morgan fingerprint density at radius 3 is 1.87 bits per heavy atom. The minimum absolute atomic E-state index is 0.138. The number of benzene rings is 8. The summed E-state index contributed by atoms with van der Waals surface area (Å²) in [6.07, 6.45) is 12.4. The molecule has 0 fully saturated rings. The van der Waals surface area contributed by atoms with E-state index in [9.17, 15) is 0 Å². The summed E-state index contributed by atoms with van der Waals surface area (Å²) >= 11 is 0. The Bertz CT molecular complexity index is 3040. The fourth-order valence-electron chi connectivity index (χ4n) is 9.97. The van der Waals surface area contributed by atoms with Gasteiger partial charge in [0.25, 0.3) is 0 Å². The monoisotopic (exact) mass is 673 g/mol. The van der Waals surface area contributed by atoms with E-state index in [-0.39, 0.29) is 5.41 Å². The van der Waals surface area contributed by atoms with Crippen LogP contribution in [0.5, 0.6) is 0 Å². The summed E-state index contributed by atoms with van der Waals surface area (Å²) in [5.41, 5.74) is 16.5. The zero-order valence-electron chi connectivity index (χ0n) is 29.7. The van der Waals surface area contributed by atoms with Gasteiger partial charge >= 0.3 is 0 Å². The predicted molar refractivity (Wildman–Crippen MR) is 225 cm³/mol. The maximum absolute atomic E-state index is 5.05. The highest BCUT2D eigenvalue weighted by molar-refractivity contribution is 6.23. The molecular weight excluding hydrogens is 639 g/mol. The Hall–Kier alpha value is -6.31. The van der Waals surface area contributed by atoms with Gasteiger partial charge < -0.3 is 0 Å². The Kier molecular flexibility index (Phi) is 5.74. The van der Waals surface area contributed by atoms with E-state index in [4.69, 9.17) is 4.98 Å². The third kappa shape index (κ3) is 4.11. The van der Waals surface area contributed by atoms with Crippen molar-refractivity contribution in [3.8, 4) is 44.6 Å². The SMILES string of the molecule is CC1(C)c2cc(-c3cc4ccc5cccc6ccc(c3)c4c56)ccc2-c2ccc(-c3ccc(-c4cc5c6c7c(ccc6c4)C=CCC7C=C5)cn3)cc21. The molecule has 1 heteroatoms. The third-order valence-corrected chi connectivity index (χ3v) is 12.7. The number of rotatable bonds is 3. The van der Waals surface area contributed by atoms with Gasteiger partial charge in [-0.25, -0.2) is 0 Å². The first-order chi connectivity index (χ1) is 26.0. The predicted octanol–water partition coefficient (Wildman–Crippen LogP) is 14.0. The molecule has 0 aliphatic heterocycles. The molecule has 8 aromatic carbocycles. The van der Waals surface area contributed by atoms with E-state index in [1.165, 1.54) is 98.7 Å². The number of hydrogen-bond acceptors (Lipinski definition) is 1. The Morgan fingerprint density at radius 1 is 0.509 bits per heavy atom. The first kappa shape index (κ1) is 29.3. The van der Waals surface area contributed by atoms with Crippen molar-refractivity contribution in [2.75, 3.05) is 0 Å². The topological polar surface area (TPSA) is 12.9 Å². The molecule has 0 N–H and O–H groups in total. The van der Waals surface area contributed by atoms with Gasteiger partial charge in [-0.1, -0.05) is 123 Å². The molecule has 0 bridgehead atoms. The van der Waals surface area contributed by atoms with Crippen LogP contribution in [0.25, 0.3) is 99.9 Å². The lowest BCUT2D eigenvalue weighted by molar-refractivity contribution is 0.661. The highest BCUT2D eigenvalue weighted by atomic mass is 14.7. The van der Waals surface area contributed by atoms with Gasteiger partial charge in [-0.15, -0.1) is 0 Å². The van der Waals surface area contributed by atoms with Crippen molar-refractivity contribution in [1.82, 2.24) is 4.98 Å². The summed E-state index contributed by atoms with van der Waals surface area (Å²) in [6.45, 7) is 4.75. The molecule has 1 unspecified atom stereocenters. The number of pyridine rings is 1. The summed E-state index contributed by atoms with van der Waals surface area (Å²) in [4.78, 5) is 5.05. The first-order valence-corrected chi connectivity index (χ1v) is 18.9. The molecular formula is C52H35N. The van der Waals surface area contributed by atoms with Crippen LogP contribution in [0.1, 0.15) is 54.0 Å². The molecule has 12 rings (SSSR count). The van der Waals surface area contributed by atoms with Crippen LogP contribution in [0.15, 0.2) is 146 Å². The molecule has 1 heterocycles. The van der Waals surface area contributed by atoms with Crippen LogP contribution in [0.3, 0.4) is 0 Å². The molecule has 0 amide bonds. The second-order valence-electron chi connectivity index (χ2n) is 15.9. The van der Waals surface area contributed by atoms with Crippen molar-refractivity contribution in [2.45, 2.75) is 31.6 Å². The van der Waals surface area contributed by atoms with Crippen LogP contribution in [-0.2, 0) is 5.41 Å². The standard InChI is InChI=1S/C52H35N/c1-52(2)45-27-34(41-23-36-13-9-30-5-3-6-31-10-14-37(24-41)50(36)48(30)31)17-20-43(45)44-21-18-35(28-46(44)52)47-22-19-40(29-53-47)42-25-38-15-11-32-7-4-8-33-12-16-39(26-42)51(38)49(32)33/h3-7,9-29,33H,8H2,1-2H3. The van der Waals surface area contributed by atoms with Crippen molar-refractivity contribution in [1.29, 1.82) is 0 Å². The fraction of sp³-hybridized carbons (Fsp3) is 0.0962. The zero-order chi connectivity index (χ0) is 35.0. The van der Waals surface area contributed by atoms with Crippen LogP contribution in [0, 0.1) is 0 Å². The van der Waals surface area contributed by atoms with Gasteiger partial charge in [-0.3, -0.25) is 4.98 Å². The average molecular weight is 674 g/mol. The molecule has 53 heavy (non-hydrogen) atoms. The first-order valence-electron chi connectivity index (χ1n) is 18.9. The Balaban J connectivity index is 0.885. The molecule has 0 saturated heterocycles. The molecule has 3 aliphatic rings. The summed E-state index contributed by atoms with van der Waals surface area (Å²) in [6, 6.07) is 48.2. The Morgan fingerprint density at radius 2 is 1.13 bits per heavy atom. The van der Waals surface area contributed by atoms with Crippen LogP contribution >= 0.6 is 0 Å². The molecule has 0 spiro atoms. The smallest absolute Gasteiger partial charge is 0.0702 e. The molecule has 1 aromatic heterocycles. The number of allylic oxidation sites excluding steroid dienone is 2. The van der Waals surface area contributed by atoms with E-state index >= 15 is 0 Å². The molecule has 0 radical (unpaired) electrons. The normalized spacial score (nSPS) is 16.2. The van der Waals surface area contributed by atoms with Gasteiger partial charge in [0.05, 0.1) is 5.69 Å². The lowest BCUT2D eigenvalue weighted by Crippen LogP contribution is -2.15. The van der Waals surface area contributed by atoms with E-state index in [1.54, 1.807) is 0 Å². The van der Waals surface area contributed by atoms with Gasteiger partial charge in [0.2, 0.25) is 0 Å². The molecule has 1 nitrogen and oxygen atoms in total. The maximum Gasteiger partial charge on any atom is 0.0702 e. The minimum Gasteiger partial charge on any atom is -0.256 e. The molecule has 3 aliphatic carbocycles. The summed E-state index contributed by atoms with van der Waals surface area (Å²) in [5.74, 6) is 0.490. The number of nitrogens with zero attached hydrogens (tertiary/aromatic N) is 1. The van der Waals surface area contributed by atoms with Crippen molar-refractivity contribution in [3.63, 3.8) is 0 Å². The second-order valence-corrected chi connectivity index (χ2v) is 15.9. The van der Waals surface area contributed by atoms with E-state index in [1.807, 2.05) is 0 Å². The molecule has 9 aromatic rings. The van der Waals surface area contributed by atoms with Crippen molar-refractivity contribution >= 4 is 55.2 Å². The summed E-state index contributed by atoms with van der Waals surface area (Å²) in [5, 5.41) is 10.7. The molecule has 0 saturated carbocycles. The van der Waals surface area contributed by atoms with Gasteiger partial charge in [0, 0.05) is 28.7 Å². The summed E-state index contributed by atoms with van der Waals surface area (Å²) < 4.78 is 0. The van der Waals surface area contributed by atoms with Gasteiger partial charge in [-0.05, 0) is 148 Å². The fourth-order valence-corrected chi connectivity index (χ4v) is 9.97. The highest BCUT2D eigenvalue weighted by Gasteiger charge is 2.36. The van der Waals surface area contributed by atoms with E-state index in [2.05, 4.69) is 172 Å². The van der Waals surface area contributed by atoms with E-state index in [0.717, 1.165) is 23.2 Å². The van der Waals surface area contributed by atoms with Gasteiger partial charge in [-0.2, -0.15) is 0 Å². The third-order valence-electron chi connectivity index (χ3n) is 12.7. The number of aromatic nitrogens is 1. The van der Waals surface area contributed by atoms with E-state index in [0.29, 0.717) is 5.92 Å². The van der Waals surface area contributed by atoms with E-state index < -0.39 is 0 Å². The van der Waals surface area contributed by atoms with Crippen molar-refractivity contribution in [3.05, 3.63) is 174 Å². The maximum atomic E-state index is 5.05.